The first-order chi connectivity index (χ1) is 13.6. The van der Waals surface area contributed by atoms with E-state index in [0.29, 0.717) is 27.8 Å². The molecule has 138 valence electrons. The molecule has 0 aliphatic carbocycles. The molecule has 5 nitrogen and oxygen atoms in total. The number of hydrogen-bond acceptors (Lipinski definition) is 4. The molecule has 0 fully saturated rings. The first-order valence-electron chi connectivity index (χ1n) is 8.58. The molecule has 0 radical (unpaired) electrons. The fraction of sp³-hybridized carbons (Fsp3) is 0.0476. The van der Waals surface area contributed by atoms with Gasteiger partial charge in [-0.3, -0.25) is 9.69 Å². The molecule has 1 spiro atoms. The number of rotatable bonds is 2. The van der Waals surface area contributed by atoms with E-state index < -0.39 is 5.72 Å². The van der Waals surface area contributed by atoms with Crippen molar-refractivity contribution in [2.24, 2.45) is 5.16 Å². The third kappa shape index (κ3) is 2.45. The summed E-state index contributed by atoms with van der Waals surface area (Å²) in [6.45, 7) is 0. The summed E-state index contributed by atoms with van der Waals surface area (Å²) < 4.78 is 0.838. The molecule has 2 aliphatic heterocycles. The van der Waals surface area contributed by atoms with Crippen LogP contribution in [0.3, 0.4) is 0 Å². The highest BCUT2D eigenvalue weighted by Crippen LogP contribution is 2.48. The Morgan fingerprint density at radius 3 is 2.64 bits per heavy atom. The first-order valence-corrected chi connectivity index (χ1v) is 9.75. The molecular formula is C21H13BrClN3O2. The predicted octanol–water partition coefficient (Wildman–Crippen LogP) is 5.11. The number of nitrogens with zero attached hydrogens (tertiary/aromatic N) is 2. The molecule has 0 saturated carbocycles. The van der Waals surface area contributed by atoms with E-state index in [1.54, 1.807) is 17.0 Å². The van der Waals surface area contributed by atoms with E-state index in [2.05, 4.69) is 26.4 Å². The Morgan fingerprint density at radius 2 is 1.86 bits per heavy atom. The fourth-order valence-corrected chi connectivity index (χ4v) is 4.12. The minimum atomic E-state index is -1.45. The van der Waals surface area contributed by atoms with Crippen LogP contribution in [0.25, 0.3) is 0 Å². The Hall–Kier alpha value is -2.83. The summed E-state index contributed by atoms with van der Waals surface area (Å²) in [6, 6.07) is 22.5. The lowest BCUT2D eigenvalue weighted by molar-refractivity contribution is -0.137. The average Bonchev–Trinajstić information content (AvgIpc) is 3.23. The number of benzene rings is 3. The summed E-state index contributed by atoms with van der Waals surface area (Å²) in [5.74, 6) is 0.223. The Labute approximate surface area is 174 Å². The number of amidine groups is 1. The summed E-state index contributed by atoms with van der Waals surface area (Å²) in [5, 5.41) is 7.80. The van der Waals surface area contributed by atoms with Crippen molar-refractivity contribution < 1.29 is 9.63 Å². The maximum absolute atomic E-state index is 13.2. The van der Waals surface area contributed by atoms with Crippen molar-refractivity contribution in [3.8, 4) is 0 Å². The zero-order valence-corrected chi connectivity index (χ0v) is 16.7. The van der Waals surface area contributed by atoms with Gasteiger partial charge < -0.3 is 10.2 Å². The van der Waals surface area contributed by atoms with Crippen molar-refractivity contribution in [2.45, 2.75) is 5.72 Å². The lowest BCUT2D eigenvalue weighted by atomic mass is 10.00. The molecule has 3 aromatic rings. The summed E-state index contributed by atoms with van der Waals surface area (Å²) in [6.07, 6.45) is 0. The topological polar surface area (TPSA) is 53.9 Å². The van der Waals surface area contributed by atoms with Gasteiger partial charge in [-0.2, -0.15) is 0 Å². The fourth-order valence-electron chi connectivity index (χ4n) is 3.58. The Morgan fingerprint density at radius 1 is 1.04 bits per heavy atom. The van der Waals surface area contributed by atoms with Crippen LogP contribution in [0.5, 0.6) is 0 Å². The van der Waals surface area contributed by atoms with Crippen LogP contribution >= 0.6 is 27.5 Å². The van der Waals surface area contributed by atoms with E-state index in [0.717, 1.165) is 10.0 Å². The van der Waals surface area contributed by atoms with Crippen molar-refractivity contribution in [3.05, 3.63) is 93.4 Å². The molecule has 1 N–H and O–H groups in total. The molecule has 28 heavy (non-hydrogen) atoms. The van der Waals surface area contributed by atoms with Gasteiger partial charge in [0, 0.05) is 20.7 Å². The van der Waals surface area contributed by atoms with Gasteiger partial charge in [-0.15, -0.1) is 0 Å². The van der Waals surface area contributed by atoms with Gasteiger partial charge in [0.15, 0.2) is 5.84 Å². The molecule has 2 heterocycles. The van der Waals surface area contributed by atoms with E-state index >= 15 is 0 Å². The molecule has 7 heteroatoms. The molecule has 0 bridgehead atoms. The Balaban J connectivity index is 1.76. The number of amides is 1. The lowest BCUT2D eigenvalue weighted by Crippen LogP contribution is -2.51. The summed E-state index contributed by atoms with van der Waals surface area (Å²) >= 11 is 9.75. The second-order valence-electron chi connectivity index (χ2n) is 6.48. The lowest BCUT2D eigenvalue weighted by Gasteiger charge is -2.32. The summed E-state index contributed by atoms with van der Waals surface area (Å²) in [7, 11) is 0. The molecule has 1 atom stereocenters. The Kier molecular flexibility index (Phi) is 3.92. The second-order valence-corrected chi connectivity index (χ2v) is 7.83. The van der Waals surface area contributed by atoms with Gasteiger partial charge in [0.1, 0.15) is 0 Å². The van der Waals surface area contributed by atoms with Crippen LogP contribution in [0, 0.1) is 0 Å². The predicted molar refractivity (Wildman–Crippen MR) is 112 cm³/mol. The van der Waals surface area contributed by atoms with Crippen LogP contribution in [-0.2, 0) is 15.4 Å². The van der Waals surface area contributed by atoms with E-state index in [4.69, 9.17) is 16.4 Å². The largest absolute Gasteiger partial charge is 0.349 e. The Bertz CT molecular complexity index is 1140. The van der Waals surface area contributed by atoms with Crippen LogP contribution in [0.1, 0.15) is 11.1 Å². The van der Waals surface area contributed by atoms with Gasteiger partial charge in [0.2, 0.25) is 0 Å². The minimum Gasteiger partial charge on any atom is -0.349 e. The molecular weight excluding hydrogens is 442 g/mol. The van der Waals surface area contributed by atoms with Crippen LogP contribution in [0.15, 0.2) is 82.4 Å². The molecule has 0 aromatic heterocycles. The highest BCUT2D eigenvalue weighted by Gasteiger charge is 2.60. The van der Waals surface area contributed by atoms with Gasteiger partial charge in [-0.25, -0.2) is 0 Å². The van der Waals surface area contributed by atoms with Gasteiger partial charge in [-0.1, -0.05) is 69.1 Å². The van der Waals surface area contributed by atoms with Gasteiger partial charge >= 0.3 is 5.72 Å². The number of carbonyl (C=O) groups is 1. The number of nitrogens with one attached hydrogen (secondary N) is 1. The second kappa shape index (κ2) is 6.36. The number of oxime groups is 1. The number of carbonyl (C=O) groups excluding carboxylic acids is 1. The molecule has 0 saturated heterocycles. The van der Waals surface area contributed by atoms with E-state index in [-0.39, 0.29) is 5.91 Å². The normalized spacial score (nSPS) is 20.0. The van der Waals surface area contributed by atoms with Crippen molar-refractivity contribution >= 4 is 50.6 Å². The quantitative estimate of drug-likeness (QED) is 0.586. The van der Waals surface area contributed by atoms with Crippen LogP contribution in [0.4, 0.5) is 11.4 Å². The molecule has 3 aromatic carbocycles. The average molecular weight is 455 g/mol. The summed E-state index contributed by atoms with van der Waals surface area (Å²) in [5.41, 5.74) is 1.45. The maximum Gasteiger partial charge on any atom is 0.322 e. The van der Waals surface area contributed by atoms with E-state index in [1.807, 2.05) is 60.7 Å². The van der Waals surface area contributed by atoms with Gasteiger partial charge in [0.05, 0.1) is 11.3 Å². The number of anilines is 2. The van der Waals surface area contributed by atoms with Crippen molar-refractivity contribution in [1.29, 1.82) is 0 Å². The van der Waals surface area contributed by atoms with Crippen LogP contribution < -0.4 is 10.2 Å². The van der Waals surface area contributed by atoms with E-state index in [9.17, 15) is 4.79 Å². The number of hydrogen-bond donors (Lipinski definition) is 1. The molecule has 1 amide bonds. The standard InChI is InChI=1S/C21H13BrClN3O2/c22-14-9-10-18-17(11-14)21(20(27)24-18)26(16-8-4-7-15(23)12-16)19(25-28-21)13-5-2-1-3-6-13/h1-12H,(H,24,27)/t21-/m0/s1. The highest BCUT2D eigenvalue weighted by atomic mass is 79.9. The molecule has 0 unspecified atom stereocenters. The summed E-state index contributed by atoms with van der Waals surface area (Å²) in [4.78, 5) is 20.9. The van der Waals surface area contributed by atoms with Crippen molar-refractivity contribution in [3.63, 3.8) is 0 Å². The first kappa shape index (κ1) is 17.3. The third-order valence-electron chi connectivity index (χ3n) is 4.79. The van der Waals surface area contributed by atoms with Crippen molar-refractivity contribution in [1.82, 2.24) is 0 Å². The molecule has 2 aliphatic rings. The molecule has 5 rings (SSSR count). The maximum atomic E-state index is 13.2. The zero-order chi connectivity index (χ0) is 19.3. The number of fused-ring (bicyclic) bond motifs is 2. The van der Waals surface area contributed by atoms with Gasteiger partial charge in [0.25, 0.3) is 5.91 Å². The van der Waals surface area contributed by atoms with Crippen LogP contribution in [0.2, 0.25) is 5.02 Å². The number of halogens is 2. The van der Waals surface area contributed by atoms with Gasteiger partial charge in [-0.05, 0) is 36.4 Å². The third-order valence-corrected chi connectivity index (χ3v) is 5.52. The SMILES string of the molecule is O=C1Nc2ccc(Br)cc2[C@]12ON=C(c1ccccc1)N2c1cccc(Cl)c1. The van der Waals surface area contributed by atoms with E-state index in [1.165, 1.54) is 0 Å². The van der Waals surface area contributed by atoms with Crippen LogP contribution in [-0.4, -0.2) is 11.7 Å². The van der Waals surface area contributed by atoms with Crippen molar-refractivity contribution in [2.75, 3.05) is 10.2 Å². The highest BCUT2D eigenvalue weighted by molar-refractivity contribution is 9.10. The zero-order valence-electron chi connectivity index (χ0n) is 14.4. The smallest absolute Gasteiger partial charge is 0.322 e. The minimum absolute atomic E-state index is 0.310. The monoisotopic (exact) mass is 453 g/mol.